The number of nitrogens with two attached hydrogens (primary N) is 1. The first-order valence-electron chi connectivity index (χ1n) is 5.86. The molecule has 1 aliphatic heterocycles. The standard InChI is InChI=1S/C13H13N3O2/c14-10-3-1-2-7-9(6-15-12(7)10)8-4-5-11(17)16-13(8)18/h1-3,6,8,15H,4-5,14H2,(H,16,17,18). The Morgan fingerprint density at radius 1 is 1.28 bits per heavy atom. The van der Waals surface area contributed by atoms with E-state index < -0.39 is 0 Å². The Kier molecular flexibility index (Phi) is 2.33. The van der Waals surface area contributed by atoms with Crippen LogP contribution in [0.5, 0.6) is 0 Å². The molecule has 2 heterocycles. The molecule has 1 unspecified atom stereocenters. The number of nitrogens with one attached hydrogen (secondary N) is 2. The number of benzene rings is 1. The minimum Gasteiger partial charge on any atom is -0.397 e. The number of H-pyrrole nitrogens is 1. The molecule has 0 radical (unpaired) electrons. The number of carbonyl (C=O) groups excluding carboxylic acids is 2. The van der Waals surface area contributed by atoms with Crippen LogP contribution in [0.2, 0.25) is 0 Å². The molecule has 1 aromatic heterocycles. The Hall–Kier alpha value is -2.30. The minimum atomic E-state index is -0.279. The highest BCUT2D eigenvalue weighted by atomic mass is 16.2. The molecule has 3 rings (SSSR count). The molecule has 1 saturated heterocycles. The average Bonchev–Trinajstić information content (AvgIpc) is 2.74. The number of rotatable bonds is 1. The van der Waals surface area contributed by atoms with Gasteiger partial charge in [-0.25, -0.2) is 0 Å². The first-order valence-corrected chi connectivity index (χ1v) is 5.86. The lowest BCUT2D eigenvalue weighted by Gasteiger charge is -2.20. The van der Waals surface area contributed by atoms with Crippen LogP contribution in [0.1, 0.15) is 24.3 Å². The molecule has 5 nitrogen and oxygen atoms in total. The van der Waals surface area contributed by atoms with Crippen LogP contribution in [0.4, 0.5) is 5.69 Å². The van der Waals surface area contributed by atoms with Crippen LogP contribution in [0.15, 0.2) is 24.4 Å². The van der Waals surface area contributed by atoms with Gasteiger partial charge in [0, 0.05) is 18.0 Å². The predicted octanol–water partition coefficient (Wildman–Crippen LogP) is 1.27. The summed E-state index contributed by atoms with van der Waals surface area (Å²) in [5.74, 6) is -0.705. The highest BCUT2D eigenvalue weighted by Crippen LogP contribution is 2.32. The Labute approximate surface area is 103 Å². The summed E-state index contributed by atoms with van der Waals surface area (Å²) in [6.45, 7) is 0. The van der Waals surface area contributed by atoms with Gasteiger partial charge in [-0.05, 0) is 18.1 Å². The van der Waals surface area contributed by atoms with Crippen molar-refractivity contribution < 1.29 is 9.59 Å². The number of amides is 2. The van der Waals surface area contributed by atoms with E-state index >= 15 is 0 Å². The lowest BCUT2D eigenvalue weighted by molar-refractivity contribution is -0.134. The summed E-state index contributed by atoms with van der Waals surface area (Å²) in [7, 11) is 0. The quantitative estimate of drug-likeness (QED) is 0.520. The molecular weight excluding hydrogens is 230 g/mol. The molecule has 0 aliphatic carbocycles. The van der Waals surface area contributed by atoms with E-state index in [4.69, 9.17) is 5.73 Å². The van der Waals surface area contributed by atoms with Crippen LogP contribution < -0.4 is 11.1 Å². The molecule has 0 spiro atoms. The van der Waals surface area contributed by atoms with Crippen molar-refractivity contribution in [3.63, 3.8) is 0 Å². The zero-order chi connectivity index (χ0) is 12.7. The topological polar surface area (TPSA) is 88.0 Å². The summed E-state index contributed by atoms with van der Waals surface area (Å²) in [6, 6.07) is 5.61. The number of para-hydroxylation sites is 1. The van der Waals surface area contributed by atoms with Crippen molar-refractivity contribution in [1.82, 2.24) is 10.3 Å². The van der Waals surface area contributed by atoms with E-state index in [1.807, 2.05) is 18.2 Å². The SMILES string of the molecule is Nc1cccc2c(C3CCC(=O)NC3=O)c[nH]c12. The van der Waals surface area contributed by atoms with Crippen molar-refractivity contribution in [2.45, 2.75) is 18.8 Å². The highest BCUT2D eigenvalue weighted by Gasteiger charge is 2.29. The molecule has 2 aromatic rings. The molecule has 0 bridgehead atoms. The zero-order valence-electron chi connectivity index (χ0n) is 9.69. The fourth-order valence-corrected chi connectivity index (χ4v) is 2.48. The third kappa shape index (κ3) is 1.55. The summed E-state index contributed by atoms with van der Waals surface area (Å²) < 4.78 is 0. The second-order valence-electron chi connectivity index (χ2n) is 4.52. The van der Waals surface area contributed by atoms with Gasteiger partial charge < -0.3 is 10.7 Å². The minimum absolute atomic E-state index is 0.199. The number of anilines is 1. The molecule has 92 valence electrons. The number of fused-ring (bicyclic) bond motifs is 1. The summed E-state index contributed by atoms with van der Waals surface area (Å²) in [4.78, 5) is 26.1. The van der Waals surface area contributed by atoms with E-state index in [0.717, 1.165) is 16.5 Å². The second kappa shape index (κ2) is 3.87. The van der Waals surface area contributed by atoms with Gasteiger partial charge in [0.1, 0.15) is 0 Å². The molecule has 18 heavy (non-hydrogen) atoms. The molecule has 2 amide bonds. The van der Waals surface area contributed by atoms with Crippen molar-refractivity contribution in [3.05, 3.63) is 30.0 Å². The van der Waals surface area contributed by atoms with Crippen molar-refractivity contribution in [2.75, 3.05) is 5.73 Å². The molecular formula is C13H13N3O2. The van der Waals surface area contributed by atoms with Crippen LogP contribution in [-0.2, 0) is 9.59 Å². The van der Waals surface area contributed by atoms with E-state index in [2.05, 4.69) is 10.3 Å². The lowest BCUT2D eigenvalue weighted by atomic mass is 9.90. The van der Waals surface area contributed by atoms with Gasteiger partial charge in [0.2, 0.25) is 11.8 Å². The van der Waals surface area contributed by atoms with Gasteiger partial charge in [0.15, 0.2) is 0 Å². The van der Waals surface area contributed by atoms with Crippen molar-refractivity contribution in [2.24, 2.45) is 0 Å². The van der Waals surface area contributed by atoms with Gasteiger partial charge in [-0.2, -0.15) is 0 Å². The summed E-state index contributed by atoms with van der Waals surface area (Å²) in [5.41, 5.74) is 8.28. The smallest absolute Gasteiger partial charge is 0.234 e. The predicted molar refractivity (Wildman–Crippen MR) is 67.8 cm³/mol. The van der Waals surface area contributed by atoms with E-state index in [0.29, 0.717) is 18.5 Å². The number of hydrogen-bond donors (Lipinski definition) is 3. The summed E-state index contributed by atoms with van der Waals surface area (Å²) >= 11 is 0. The normalized spacial score (nSPS) is 20.1. The van der Waals surface area contributed by atoms with Crippen molar-refractivity contribution >= 4 is 28.4 Å². The molecule has 1 aromatic carbocycles. The van der Waals surface area contributed by atoms with Crippen molar-refractivity contribution in [1.29, 1.82) is 0 Å². The fourth-order valence-electron chi connectivity index (χ4n) is 2.48. The highest BCUT2D eigenvalue weighted by molar-refractivity contribution is 6.03. The second-order valence-corrected chi connectivity index (χ2v) is 4.52. The number of piperidine rings is 1. The van der Waals surface area contributed by atoms with Gasteiger partial charge in [-0.3, -0.25) is 14.9 Å². The third-order valence-corrected chi connectivity index (χ3v) is 3.39. The van der Waals surface area contributed by atoms with Crippen molar-refractivity contribution in [3.8, 4) is 0 Å². The fraction of sp³-hybridized carbons (Fsp3) is 0.231. The first-order chi connectivity index (χ1) is 8.66. The maximum absolute atomic E-state index is 11.9. The Balaban J connectivity index is 2.07. The Morgan fingerprint density at radius 2 is 2.11 bits per heavy atom. The zero-order valence-corrected chi connectivity index (χ0v) is 9.69. The van der Waals surface area contributed by atoms with Crippen LogP contribution in [-0.4, -0.2) is 16.8 Å². The number of aromatic amines is 1. The number of nitrogen functional groups attached to an aromatic ring is 1. The third-order valence-electron chi connectivity index (χ3n) is 3.39. The maximum Gasteiger partial charge on any atom is 0.234 e. The molecule has 1 fully saturated rings. The number of aromatic nitrogens is 1. The Bertz CT molecular complexity index is 645. The number of imide groups is 1. The van der Waals surface area contributed by atoms with E-state index in [1.54, 1.807) is 6.20 Å². The molecule has 1 aliphatic rings. The van der Waals surface area contributed by atoms with Gasteiger partial charge >= 0.3 is 0 Å². The number of hydrogen-bond acceptors (Lipinski definition) is 3. The largest absolute Gasteiger partial charge is 0.397 e. The lowest BCUT2D eigenvalue weighted by Crippen LogP contribution is -2.39. The van der Waals surface area contributed by atoms with Crippen LogP contribution >= 0.6 is 0 Å². The first kappa shape index (κ1) is 10.8. The van der Waals surface area contributed by atoms with Crippen LogP contribution in [0, 0.1) is 0 Å². The summed E-state index contributed by atoms with van der Waals surface area (Å²) in [6.07, 6.45) is 2.74. The van der Waals surface area contributed by atoms with Gasteiger partial charge in [0.05, 0.1) is 17.1 Å². The van der Waals surface area contributed by atoms with Gasteiger partial charge in [0.25, 0.3) is 0 Å². The Morgan fingerprint density at radius 3 is 2.89 bits per heavy atom. The van der Waals surface area contributed by atoms with Gasteiger partial charge in [-0.15, -0.1) is 0 Å². The van der Waals surface area contributed by atoms with E-state index in [-0.39, 0.29) is 17.7 Å². The van der Waals surface area contributed by atoms with E-state index in [9.17, 15) is 9.59 Å². The maximum atomic E-state index is 11.9. The monoisotopic (exact) mass is 243 g/mol. The molecule has 1 atom stereocenters. The van der Waals surface area contributed by atoms with Gasteiger partial charge in [-0.1, -0.05) is 12.1 Å². The molecule has 0 saturated carbocycles. The van der Waals surface area contributed by atoms with E-state index in [1.165, 1.54) is 0 Å². The summed E-state index contributed by atoms with van der Waals surface area (Å²) in [5, 5.41) is 3.32. The molecule has 5 heteroatoms. The van der Waals surface area contributed by atoms with Crippen LogP contribution in [0.3, 0.4) is 0 Å². The number of carbonyl (C=O) groups is 2. The average molecular weight is 243 g/mol. The molecule has 4 N–H and O–H groups in total. The van der Waals surface area contributed by atoms with Crippen LogP contribution in [0.25, 0.3) is 10.9 Å².